The standard InChI is InChI=1S/C26H47N5O2/c1-24-11-8-20(32)17-19(24)5-6-22-21(24)9-12-25(2)18(7-13-26(22,25)33)10-14-29-31(23(27)28)16-15-30(3)4/h14,18-22,32-33H,5-13,15-17H2,1-4H3,(H3,27,28)/b29-14+/t18?,19?,20?,21-,22-,24+,25-,26-/m1/s1. The van der Waals surface area contributed by atoms with E-state index in [-0.39, 0.29) is 22.9 Å². The molecule has 0 aliphatic heterocycles. The Kier molecular flexibility index (Phi) is 6.89. The zero-order chi connectivity index (χ0) is 24.0. The predicted octanol–water partition coefficient (Wildman–Crippen LogP) is 3.25. The Balaban J connectivity index is 1.46. The first-order valence-corrected chi connectivity index (χ1v) is 13.2. The minimum absolute atomic E-state index is 0.0228. The minimum atomic E-state index is -0.594. The Bertz CT molecular complexity index is 759. The summed E-state index contributed by atoms with van der Waals surface area (Å²) in [6.07, 6.45) is 12.1. The van der Waals surface area contributed by atoms with Gasteiger partial charge >= 0.3 is 0 Å². The number of fused-ring (bicyclic) bond motifs is 5. The fraction of sp³-hybridized carbons (Fsp3) is 0.923. The lowest BCUT2D eigenvalue weighted by atomic mass is 9.43. The van der Waals surface area contributed by atoms with E-state index in [1.54, 1.807) is 5.01 Å². The topological polar surface area (TPSA) is 109 Å². The molecule has 0 saturated heterocycles. The fourth-order valence-corrected chi connectivity index (χ4v) is 8.50. The smallest absolute Gasteiger partial charge is 0.209 e. The van der Waals surface area contributed by atoms with Gasteiger partial charge in [0.05, 0.1) is 18.2 Å². The summed E-state index contributed by atoms with van der Waals surface area (Å²) in [5.41, 5.74) is 5.34. The average molecular weight is 462 g/mol. The van der Waals surface area contributed by atoms with Crippen LogP contribution in [-0.2, 0) is 0 Å². The van der Waals surface area contributed by atoms with Crippen LogP contribution in [0.5, 0.6) is 0 Å². The van der Waals surface area contributed by atoms with E-state index in [9.17, 15) is 10.2 Å². The van der Waals surface area contributed by atoms with Crippen molar-refractivity contribution in [2.75, 3.05) is 27.2 Å². The molecule has 4 aliphatic rings. The molecule has 0 aromatic rings. The Labute approximate surface area is 200 Å². The number of guanidine groups is 1. The maximum atomic E-state index is 12.3. The molecule has 0 aromatic carbocycles. The maximum absolute atomic E-state index is 12.3. The van der Waals surface area contributed by atoms with Gasteiger partial charge in [-0.1, -0.05) is 13.8 Å². The first kappa shape index (κ1) is 24.9. The van der Waals surface area contributed by atoms with Crippen molar-refractivity contribution >= 4 is 12.2 Å². The van der Waals surface area contributed by atoms with Gasteiger partial charge in [0.25, 0.3) is 0 Å². The molecular formula is C26H47N5O2. The lowest BCUT2D eigenvalue weighted by Gasteiger charge is -2.63. The van der Waals surface area contributed by atoms with E-state index in [0.717, 1.165) is 64.3 Å². The SMILES string of the molecule is CN(C)CCN(/N=C/CC1CC[C@@]2(O)[C@@H]3CCC4CC(O)CC[C@]4(C)[C@@H]3CC[C@]12C)C(=N)N. The molecule has 0 spiro atoms. The van der Waals surface area contributed by atoms with E-state index in [1.165, 1.54) is 6.42 Å². The predicted molar refractivity (Wildman–Crippen MR) is 133 cm³/mol. The van der Waals surface area contributed by atoms with Gasteiger partial charge in [0.1, 0.15) is 0 Å². The van der Waals surface area contributed by atoms with Gasteiger partial charge < -0.3 is 20.8 Å². The van der Waals surface area contributed by atoms with E-state index in [2.05, 4.69) is 23.8 Å². The highest BCUT2D eigenvalue weighted by Crippen LogP contribution is 2.69. The molecule has 8 atom stereocenters. The van der Waals surface area contributed by atoms with Crippen LogP contribution in [0, 0.1) is 39.9 Å². The largest absolute Gasteiger partial charge is 0.393 e. The van der Waals surface area contributed by atoms with Crippen LogP contribution in [0.1, 0.15) is 78.1 Å². The number of nitrogens with one attached hydrogen (secondary N) is 1. The lowest BCUT2D eigenvalue weighted by molar-refractivity contribution is -0.209. The van der Waals surface area contributed by atoms with Crippen LogP contribution in [0.3, 0.4) is 0 Å². The van der Waals surface area contributed by atoms with E-state index < -0.39 is 5.60 Å². The molecule has 0 radical (unpaired) electrons. The molecule has 7 heteroatoms. The molecule has 0 aromatic heterocycles. The molecule has 33 heavy (non-hydrogen) atoms. The van der Waals surface area contributed by atoms with Crippen molar-refractivity contribution in [1.82, 2.24) is 9.91 Å². The normalized spacial score (nSPS) is 45.0. The van der Waals surface area contributed by atoms with E-state index >= 15 is 0 Å². The van der Waals surface area contributed by atoms with Crippen LogP contribution in [0.2, 0.25) is 0 Å². The molecule has 4 aliphatic carbocycles. The second kappa shape index (κ2) is 9.12. The van der Waals surface area contributed by atoms with Crippen LogP contribution in [0.15, 0.2) is 5.10 Å². The monoisotopic (exact) mass is 461 g/mol. The van der Waals surface area contributed by atoms with Gasteiger partial charge in [0.15, 0.2) is 0 Å². The van der Waals surface area contributed by atoms with Crippen LogP contribution in [0.25, 0.3) is 0 Å². The molecule has 4 rings (SSSR count). The Morgan fingerprint density at radius 3 is 2.52 bits per heavy atom. The van der Waals surface area contributed by atoms with Crippen molar-refractivity contribution in [3.8, 4) is 0 Å². The van der Waals surface area contributed by atoms with E-state index in [1.807, 2.05) is 20.3 Å². The summed E-state index contributed by atoms with van der Waals surface area (Å²) in [5, 5.41) is 36.5. The number of nitrogens with zero attached hydrogens (tertiary/aromatic N) is 3. The Morgan fingerprint density at radius 1 is 1.06 bits per heavy atom. The summed E-state index contributed by atoms with van der Waals surface area (Å²) in [5.74, 6) is 1.95. The van der Waals surface area contributed by atoms with Crippen LogP contribution in [0.4, 0.5) is 0 Å². The molecule has 4 fully saturated rings. The van der Waals surface area contributed by atoms with Gasteiger partial charge in [0, 0.05) is 12.8 Å². The maximum Gasteiger partial charge on any atom is 0.209 e. The lowest BCUT2D eigenvalue weighted by Crippen LogP contribution is -2.62. The number of nitrogens with two attached hydrogens (primary N) is 1. The van der Waals surface area contributed by atoms with Crippen LogP contribution < -0.4 is 5.73 Å². The third-order valence-corrected chi connectivity index (χ3v) is 10.7. The quantitative estimate of drug-likeness (QED) is 0.276. The van der Waals surface area contributed by atoms with Crippen molar-refractivity contribution in [2.24, 2.45) is 45.3 Å². The first-order valence-electron chi connectivity index (χ1n) is 13.2. The fourth-order valence-electron chi connectivity index (χ4n) is 8.50. The molecule has 0 heterocycles. The Hall–Kier alpha value is -1.18. The molecule has 4 saturated carbocycles. The Morgan fingerprint density at radius 2 is 1.82 bits per heavy atom. The molecule has 188 valence electrons. The number of likely N-dealkylation sites (N-methyl/N-ethyl adjacent to an activating group) is 1. The van der Waals surface area contributed by atoms with Gasteiger partial charge in [-0.2, -0.15) is 5.10 Å². The van der Waals surface area contributed by atoms with Gasteiger partial charge in [0.2, 0.25) is 5.96 Å². The highest BCUT2D eigenvalue weighted by Gasteiger charge is 2.66. The number of hydrazone groups is 1. The second-order valence-electron chi connectivity index (χ2n) is 12.4. The second-order valence-corrected chi connectivity index (χ2v) is 12.4. The highest BCUT2D eigenvalue weighted by molar-refractivity contribution is 5.75. The molecule has 3 unspecified atom stereocenters. The van der Waals surface area contributed by atoms with Gasteiger partial charge in [-0.05, 0) is 113 Å². The van der Waals surface area contributed by atoms with Crippen molar-refractivity contribution in [1.29, 1.82) is 5.41 Å². The zero-order valence-electron chi connectivity index (χ0n) is 21.3. The molecule has 0 amide bonds. The van der Waals surface area contributed by atoms with Gasteiger partial charge in [-0.25, -0.2) is 5.01 Å². The molecule has 7 nitrogen and oxygen atoms in total. The number of aliphatic hydroxyl groups is 2. The average Bonchev–Trinajstić information content (AvgIpc) is 3.01. The number of rotatable bonds is 6. The summed E-state index contributed by atoms with van der Waals surface area (Å²) >= 11 is 0. The number of hydrogen-bond donors (Lipinski definition) is 4. The summed E-state index contributed by atoms with van der Waals surface area (Å²) in [4.78, 5) is 2.06. The van der Waals surface area contributed by atoms with Crippen molar-refractivity contribution in [3.63, 3.8) is 0 Å². The highest BCUT2D eigenvalue weighted by atomic mass is 16.3. The van der Waals surface area contributed by atoms with Gasteiger partial charge in [-0.15, -0.1) is 0 Å². The minimum Gasteiger partial charge on any atom is -0.393 e. The van der Waals surface area contributed by atoms with Crippen LogP contribution >= 0.6 is 0 Å². The summed E-state index contributed by atoms with van der Waals surface area (Å²) in [7, 11) is 4.00. The van der Waals surface area contributed by atoms with E-state index in [4.69, 9.17) is 11.1 Å². The number of hydrogen-bond acceptors (Lipinski definition) is 5. The number of aliphatic hydroxyl groups excluding tert-OH is 1. The third kappa shape index (κ3) is 4.23. The van der Waals surface area contributed by atoms with E-state index in [0.29, 0.717) is 30.2 Å². The van der Waals surface area contributed by atoms with Crippen LogP contribution in [-0.4, -0.2) is 71.2 Å². The molecular weight excluding hydrogens is 414 g/mol. The third-order valence-electron chi connectivity index (χ3n) is 10.7. The van der Waals surface area contributed by atoms with Crippen molar-refractivity contribution in [2.45, 2.75) is 89.8 Å². The van der Waals surface area contributed by atoms with Gasteiger partial charge in [-0.3, -0.25) is 5.41 Å². The first-order chi connectivity index (χ1) is 15.5. The summed E-state index contributed by atoms with van der Waals surface area (Å²) in [6.45, 7) is 6.19. The summed E-state index contributed by atoms with van der Waals surface area (Å²) < 4.78 is 0. The zero-order valence-corrected chi connectivity index (χ0v) is 21.3. The summed E-state index contributed by atoms with van der Waals surface area (Å²) in [6, 6.07) is 0. The molecule has 0 bridgehead atoms. The van der Waals surface area contributed by atoms with Crippen molar-refractivity contribution in [3.05, 3.63) is 0 Å². The molecule has 5 N–H and O–H groups in total. The van der Waals surface area contributed by atoms with Crippen molar-refractivity contribution < 1.29 is 10.2 Å².